The Morgan fingerprint density at radius 1 is 1.20 bits per heavy atom. The molecule has 0 aliphatic carbocycles. The molecule has 1 unspecified atom stereocenters. The highest BCUT2D eigenvalue weighted by Crippen LogP contribution is 2.43. The van der Waals surface area contributed by atoms with Crippen LogP contribution in [0.15, 0.2) is 30.3 Å². The molecule has 186 valence electrons. The number of hydrogen-bond acceptors (Lipinski definition) is 6. The summed E-state index contributed by atoms with van der Waals surface area (Å²) in [6.45, 7) is 6.50. The molecule has 4 rings (SSSR count). The number of nitrogens with zero attached hydrogens (tertiary/aromatic N) is 3. The Labute approximate surface area is 200 Å². The largest absolute Gasteiger partial charge is 0.384 e. The zero-order chi connectivity index (χ0) is 26.1. The van der Waals surface area contributed by atoms with Crippen molar-refractivity contribution < 1.29 is 28.2 Å². The fourth-order valence-electron chi connectivity index (χ4n) is 4.35. The number of aliphatic hydroxyl groups is 2. The van der Waals surface area contributed by atoms with Crippen LogP contribution < -0.4 is 10.2 Å². The summed E-state index contributed by atoms with van der Waals surface area (Å²) in [5.41, 5.74) is -3.78. The Hall–Kier alpha value is -3.24. The average molecular weight is 489 g/mol. The van der Waals surface area contributed by atoms with E-state index in [0.717, 1.165) is 19.9 Å². The second kappa shape index (κ2) is 7.89. The molecule has 2 aromatic carbocycles. The van der Waals surface area contributed by atoms with E-state index in [1.165, 1.54) is 24.0 Å². The zero-order valence-electron chi connectivity index (χ0n) is 20.2. The first-order chi connectivity index (χ1) is 16.1. The van der Waals surface area contributed by atoms with Crippen LogP contribution in [-0.2, 0) is 16.3 Å². The van der Waals surface area contributed by atoms with E-state index >= 15 is 4.39 Å². The Bertz CT molecular complexity index is 1350. The standard InChI is InChI=1S/C25H27F3N4O3/c1-12(14-8-7-9-16(20(14)26)25(27,28)23(3,4)34)29-21-15-10-17-19(11-18(15)30-13(2)31-21)32(6)22(33)24(17,5)35/h7-12,34-35H,1-6H3,(H,29,30,31)/t12?,24-/m0/s1. The van der Waals surface area contributed by atoms with Crippen molar-refractivity contribution in [3.8, 4) is 0 Å². The molecule has 1 amide bonds. The quantitative estimate of drug-likeness (QED) is 0.496. The number of amides is 1. The summed E-state index contributed by atoms with van der Waals surface area (Å²) in [4.78, 5) is 22.7. The molecule has 7 nitrogen and oxygen atoms in total. The first-order valence-electron chi connectivity index (χ1n) is 11.1. The third-order valence-corrected chi connectivity index (χ3v) is 6.49. The van der Waals surface area contributed by atoms with Gasteiger partial charge in [0.05, 0.1) is 22.8 Å². The molecule has 0 saturated carbocycles. The fourth-order valence-corrected chi connectivity index (χ4v) is 4.35. The molecule has 1 aromatic heterocycles. The maximum atomic E-state index is 15.3. The molecule has 3 aromatic rings. The molecule has 0 saturated heterocycles. The summed E-state index contributed by atoms with van der Waals surface area (Å²) in [5, 5.41) is 24.2. The second-order valence-corrected chi connectivity index (χ2v) is 9.65. The summed E-state index contributed by atoms with van der Waals surface area (Å²) >= 11 is 0. The van der Waals surface area contributed by atoms with Crippen LogP contribution in [0.1, 0.15) is 56.3 Å². The number of alkyl halides is 2. The molecule has 2 heterocycles. The van der Waals surface area contributed by atoms with Crippen molar-refractivity contribution in [3.05, 3.63) is 58.7 Å². The highest BCUT2D eigenvalue weighted by Gasteiger charge is 2.49. The number of aryl methyl sites for hydroxylation is 1. The molecule has 0 bridgehead atoms. The highest BCUT2D eigenvalue weighted by molar-refractivity contribution is 6.09. The minimum Gasteiger partial charge on any atom is -0.384 e. The summed E-state index contributed by atoms with van der Waals surface area (Å²) in [6, 6.07) is 6.11. The van der Waals surface area contributed by atoms with Crippen molar-refractivity contribution in [1.29, 1.82) is 0 Å². The number of anilines is 2. The van der Waals surface area contributed by atoms with Gasteiger partial charge in [0.2, 0.25) is 0 Å². The van der Waals surface area contributed by atoms with Crippen LogP contribution >= 0.6 is 0 Å². The monoisotopic (exact) mass is 488 g/mol. The van der Waals surface area contributed by atoms with Crippen molar-refractivity contribution in [2.75, 3.05) is 17.3 Å². The first kappa shape index (κ1) is 24.9. The number of carbonyl (C=O) groups excluding carboxylic acids is 1. The topological polar surface area (TPSA) is 98.6 Å². The van der Waals surface area contributed by atoms with Crippen LogP contribution in [0.3, 0.4) is 0 Å². The maximum absolute atomic E-state index is 15.3. The van der Waals surface area contributed by atoms with E-state index in [1.54, 1.807) is 33.0 Å². The molecule has 3 N–H and O–H groups in total. The highest BCUT2D eigenvalue weighted by atomic mass is 19.3. The number of nitrogens with one attached hydrogen (secondary N) is 1. The molecule has 0 fully saturated rings. The lowest BCUT2D eigenvalue weighted by atomic mass is 9.91. The number of carbonyl (C=O) groups is 1. The lowest BCUT2D eigenvalue weighted by Gasteiger charge is -2.30. The van der Waals surface area contributed by atoms with Gasteiger partial charge in [-0.15, -0.1) is 0 Å². The Morgan fingerprint density at radius 2 is 1.86 bits per heavy atom. The lowest BCUT2D eigenvalue weighted by Crippen LogP contribution is -2.41. The summed E-state index contributed by atoms with van der Waals surface area (Å²) in [7, 11) is 1.56. The van der Waals surface area contributed by atoms with Crippen LogP contribution in [0.2, 0.25) is 0 Å². The normalized spacial score (nSPS) is 19.3. The summed E-state index contributed by atoms with van der Waals surface area (Å²) in [6.07, 6.45) is 0. The van der Waals surface area contributed by atoms with Crippen LogP contribution in [-0.4, -0.2) is 38.7 Å². The number of fused-ring (bicyclic) bond motifs is 2. The van der Waals surface area contributed by atoms with Gasteiger partial charge in [-0.1, -0.05) is 12.1 Å². The minimum atomic E-state index is -3.82. The number of halogens is 3. The number of benzene rings is 2. The maximum Gasteiger partial charge on any atom is 0.303 e. The summed E-state index contributed by atoms with van der Waals surface area (Å²) in [5.74, 6) is -4.75. The van der Waals surface area contributed by atoms with Gasteiger partial charge in [-0.05, 0) is 52.8 Å². The number of aromatic nitrogens is 2. The van der Waals surface area contributed by atoms with E-state index in [0.29, 0.717) is 33.8 Å². The van der Waals surface area contributed by atoms with Gasteiger partial charge < -0.3 is 20.4 Å². The van der Waals surface area contributed by atoms with Crippen molar-refractivity contribution in [2.24, 2.45) is 0 Å². The van der Waals surface area contributed by atoms with Gasteiger partial charge in [0.15, 0.2) is 5.60 Å². The smallest absolute Gasteiger partial charge is 0.303 e. The van der Waals surface area contributed by atoms with Crippen molar-refractivity contribution in [1.82, 2.24) is 9.97 Å². The fraction of sp³-hybridized carbons (Fsp3) is 0.400. The van der Waals surface area contributed by atoms with Gasteiger partial charge >= 0.3 is 5.92 Å². The Kier molecular flexibility index (Phi) is 5.61. The number of rotatable bonds is 5. The van der Waals surface area contributed by atoms with E-state index in [4.69, 9.17) is 0 Å². The number of hydrogen-bond donors (Lipinski definition) is 3. The SMILES string of the molecule is Cc1nc(NC(C)c2cccc(C(F)(F)C(C)(C)O)c2F)c2cc3c(cc2n1)N(C)C(=O)[C@@]3(C)O. The van der Waals surface area contributed by atoms with Crippen LogP contribution in [0.5, 0.6) is 0 Å². The van der Waals surface area contributed by atoms with Gasteiger partial charge in [-0.2, -0.15) is 8.78 Å². The second-order valence-electron chi connectivity index (χ2n) is 9.65. The van der Waals surface area contributed by atoms with E-state index in [-0.39, 0.29) is 5.56 Å². The number of likely N-dealkylation sites (N-methyl/N-ethyl adjacent to an activating group) is 1. The van der Waals surface area contributed by atoms with Crippen molar-refractivity contribution in [3.63, 3.8) is 0 Å². The molecule has 1 aliphatic heterocycles. The van der Waals surface area contributed by atoms with Gasteiger partial charge in [0.25, 0.3) is 5.91 Å². The summed E-state index contributed by atoms with van der Waals surface area (Å²) < 4.78 is 44.7. The minimum absolute atomic E-state index is 0.0427. The van der Waals surface area contributed by atoms with E-state index in [1.807, 2.05) is 0 Å². The predicted octanol–water partition coefficient (Wildman–Crippen LogP) is 4.30. The molecule has 1 aliphatic rings. The van der Waals surface area contributed by atoms with E-state index in [9.17, 15) is 23.8 Å². The van der Waals surface area contributed by atoms with Crippen LogP contribution in [0.25, 0.3) is 10.9 Å². The molecule has 35 heavy (non-hydrogen) atoms. The van der Waals surface area contributed by atoms with Gasteiger partial charge in [0, 0.05) is 23.6 Å². The lowest BCUT2D eigenvalue weighted by molar-refractivity contribution is -0.170. The van der Waals surface area contributed by atoms with Gasteiger partial charge in [-0.25, -0.2) is 14.4 Å². The van der Waals surface area contributed by atoms with Crippen LogP contribution in [0, 0.1) is 12.7 Å². The van der Waals surface area contributed by atoms with Gasteiger partial charge in [-0.3, -0.25) is 4.79 Å². The average Bonchev–Trinajstić information content (AvgIpc) is 2.91. The van der Waals surface area contributed by atoms with Gasteiger partial charge in [0.1, 0.15) is 23.1 Å². The third kappa shape index (κ3) is 3.81. The predicted molar refractivity (Wildman–Crippen MR) is 126 cm³/mol. The van der Waals surface area contributed by atoms with Crippen molar-refractivity contribution >= 4 is 28.3 Å². The Balaban J connectivity index is 1.80. The molecule has 2 atom stereocenters. The molecule has 0 spiro atoms. The van der Waals surface area contributed by atoms with Crippen molar-refractivity contribution in [2.45, 2.75) is 57.8 Å². The van der Waals surface area contributed by atoms with E-state index < -0.39 is 40.5 Å². The first-order valence-corrected chi connectivity index (χ1v) is 11.1. The zero-order valence-corrected chi connectivity index (χ0v) is 20.2. The molecule has 0 radical (unpaired) electrons. The molecular formula is C25H27F3N4O3. The molecule has 10 heteroatoms. The third-order valence-electron chi connectivity index (χ3n) is 6.49. The molecular weight excluding hydrogens is 461 g/mol. The van der Waals surface area contributed by atoms with Crippen LogP contribution in [0.4, 0.5) is 24.7 Å². The Morgan fingerprint density at radius 3 is 2.49 bits per heavy atom. The van der Waals surface area contributed by atoms with E-state index in [2.05, 4.69) is 15.3 Å².